The molecule has 0 aliphatic heterocycles. The van der Waals surface area contributed by atoms with Crippen LogP contribution in [0, 0.1) is 0 Å². The van der Waals surface area contributed by atoms with Crippen molar-refractivity contribution in [2.75, 3.05) is 0 Å². The molecule has 0 saturated heterocycles. The number of hydrogen-bond donors (Lipinski definition) is 1. The fraction of sp³-hybridized carbons (Fsp3) is 1.00. The first-order valence-electron chi connectivity index (χ1n) is 6.15. The molecule has 0 aromatic rings. The molecule has 86 valence electrons. The highest BCUT2D eigenvalue weighted by Crippen LogP contribution is 2.48. The molecule has 0 spiro atoms. The molecule has 2 N–H and O–H groups in total. The van der Waals surface area contributed by atoms with Gasteiger partial charge in [0.1, 0.15) is 8.96 Å². The number of nitrogens with two attached hydrogens (primary N) is 1. The molecule has 0 aromatic heterocycles. The lowest BCUT2D eigenvalue weighted by molar-refractivity contribution is 0.475. The molecule has 0 bridgehead atoms. The quantitative estimate of drug-likeness (QED) is 0.670. The molecular weight excluding hydrogens is 186 g/mol. The van der Waals surface area contributed by atoms with Crippen LogP contribution in [0.2, 0.25) is 10.1 Å². The second-order valence-corrected chi connectivity index (χ2v) is 8.94. The van der Waals surface area contributed by atoms with Crippen LogP contribution in [0.1, 0.15) is 67.2 Å². The van der Waals surface area contributed by atoms with Gasteiger partial charge in [0.2, 0.25) is 0 Å². The Balaban J connectivity index is 4.80. The largest absolute Gasteiger partial charge is 0.352 e. The summed E-state index contributed by atoms with van der Waals surface area (Å²) in [5.74, 6) is 0. The summed E-state index contributed by atoms with van der Waals surface area (Å²) in [6, 6.07) is 0. The Bertz CT molecular complexity index is 142. The molecule has 0 fully saturated rings. The molecule has 0 aliphatic rings. The van der Waals surface area contributed by atoms with Gasteiger partial charge in [0.15, 0.2) is 0 Å². The number of hydrogen-bond acceptors (Lipinski definition) is 1. The van der Waals surface area contributed by atoms with Crippen LogP contribution in [0.3, 0.4) is 0 Å². The van der Waals surface area contributed by atoms with Crippen molar-refractivity contribution in [1.82, 2.24) is 0 Å². The molecule has 0 atom stereocenters. The molecule has 0 heterocycles. The van der Waals surface area contributed by atoms with E-state index in [9.17, 15) is 0 Å². The molecule has 14 heavy (non-hydrogen) atoms. The fourth-order valence-corrected chi connectivity index (χ4v) is 5.66. The normalized spacial score (nSPS) is 13.7. The SMILES string of the molecule is CCC(C)(CC)[SiH](N)C(C)(CC)CC. The van der Waals surface area contributed by atoms with Gasteiger partial charge >= 0.3 is 0 Å². The summed E-state index contributed by atoms with van der Waals surface area (Å²) in [6.45, 7) is 14.0. The van der Waals surface area contributed by atoms with Crippen molar-refractivity contribution in [3.63, 3.8) is 0 Å². The van der Waals surface area contributed by atoms with Gasteiger partial charge in [-0.15, -0.1) is 0 Å². The van der Waals surface area contributed by atoms with Crippen molar-refractivity contribution < 1.29 is 0 Å². The van der Waals surface area contributed by atoms with Crippen LogP contribution in [0.15, 0.2) is 0 Å². The average Bonchev–Trinajstić information content (AvgIpc) is 2.25. The van der Waals surface area contributed by atoms with Gasteiger partial charge < -0.3 is 5.40 Å². The summed E-state index contributed by atoms with van der Waals surface area (Å²) in [5, 5.41) is 7.50. The molecule has 1 nitrogen and oxygen atoms in total. The van der Waals surface area contributed by atoms with Gasteiger partial charge in [0.25, 0.3) is 0 Å². The van der Waals surface area contributed by atoms with Crippen molar-refractivity contribution >= 4 is 8.96 Å². The van der Waals surface area contributed by atoms with Gasteiger partial charge in [0, 0.05) is 0 Å². The Hall–Kier alpha value is 0.177. The van der Waals surface area contributed by atoms with Crippen molar-refractivity contribution in [2.45, 2.75) is 77.3 Å². The van der Waals surface area contributed by atoms with Gasteiger partial charge in [-0.3, -0.25) is 0 Å². The molecule has 0 rings (SSSR count). The first-order chi connectivity index (χ1) is 6.40. The molecule has 2 heteroatoms. The predicted molar refractivity (Wildman–Crippen MR) is 69.2 cm³/mol. The third-order valence-corrected chi connectivity index (χ3v) is 9.37. The zero-order valence-electron chi connectivity index (χ0n) is 11.0. The predicted octanol–water partition coefficient (Wildman–Crippen LogP) is 3.83. The van der Waals surface area contributed by atoms with E-state index in [1.807, 2.05) is 0 Å². The van der Waals surface area contributed by atoms with Crippen LogP contribution in [-0.2, 0) is 0 Å². The maximum Gasteiger partial charge on any atom is 0.118 e. The Morgan fingerprint density at radius 2 is 1.00 bits per heavy atom. The summed E-state index contributed by atoms with van der Waals surface area (Å²) in [5.41, 5.74) is 0. The second-order valence-electron chi connectivity index (χ2n) is 5.20. The topological polar surface area (TPSA) is 26.0 Å². The standard InChI is InChI=1S/C12H29NSi/c1-7-11(5,8-2)14(13)12(6,9-3)10-4/h14H,7-10,13H2,1-6H3. The smallest absolute Gasteiger partial charge is 0.118 e. The Morgan fingerprint density at radius 1 is 0.786 bits per heavy atom. The van der Waals surface area contributed by atoms with E-state index in [1.165, 1.54) is 25.7 Å². The lowest BCUT2D eigenvalue weighted by Crippen LogP contribution is -2.48. The number of rotatable bonds is 6. The van der Waals surface area contributed by atoms with E-state index in [-0.39, 0.29) is 0 Å². The van der Waals surface area contributed by atoms with E-state index < -0.39 is 8.96 Å². The van der Waals surface area contributed by atoms with E-state index >= 15 is 0 Å². The molecule has 0 unspecified atom stereocenters. The summed E-state index contributed by atoms with van der Waals surface area (Å²) >= 11 is 0. The minimum absolute atomic E-state index is 0.445. The van der Waals surface area contributed by atoms with Crippen LogP contribution < -0.4 is 5.40 Å². The molecule has 0 aliphatic carbocycles. The lowest BCUT2D eigenvalue weighted by Gasteiger charge is -2.43. The third kappa shape index (κ3) is 2.60. The summed E-state index contributed by atoms with van der Waals surface area (Å²) < 4.78 is 0. The molecule has 0 radical (unpaired) electrons. The van der Waals surface area contributed by atoms with Crippen LogP contribution in [0.4, 0.5) is 0 Å². The first kappa shape index (κ1) is 14.2. The lowest BCUT2D eigenvalue weighted by atomic mass is 10.0. The maximum atomic E-state index is 6.61. The summed E-state index contributed by atoms with van der Waals surface area (Å²) in [7, 11) is -1.16. The zero-order valence-corrected chi connectivity index (χ0v) is 12.1. The maximum absolute atomic E-state index is 6.61. The Labute approximate surface area is 92.2 Å². The van der Waals surface area contributed by atoms with Crippen molar-refractivity contribution in [3.05, 3.63) is 0 Å². The minimum Gasteiger partial charge on any atom is -0.352 e. The summed E-state index contributed by atoms with van der Waals surface area (Å²) in [6.07, 6.45) is 4.97. The van der Waals surface area contributed by atoms with Gasteiger partial charge in [-0.1, -0.05) is 67.2 Å². The van der Waals surface area contributed by atoms with Gasteiger partial charge in [-0.2, -0.15) is 0 Å². The average molecular weight is 215 g/mol. The van der Waals surface area contributed by atoms with Gasteiger partial charge in [-0.25, -0.2) is 0 Å². The van der Waals surface area contributed by atoms with Crippen molar-refractivity contribution in [1.29, 1.82) is 0 Å². The monoisotopic (exact) mass is 215 g/mol. The fourth-order valence-electron chi connectivity index (χ4n) is 2.22. The Kier molecular flexibility index (Phi) is 5.38. The van der Waals surface area contributed by atoms with E-state index in [1.54, 1.807) is 0 Å². The summed E-state index contributed by atoms with van der Waals surface area (Å²) in [4.78, 5) is 0. The molecule has 0 saturated carbocycles. The van der Waals surface area contributed by atoms with Crippen LogP contribution in [0.25, 0.3) is 0 Å². The van der Waals surface area contributed by atoms with Crippen LogP contribution in [-0.4, -0.2) is 8.96 Å². The Morgan fingerprint density at radius 3 is 1.14 bits per heavy atom. The highest BCUT2D eigenvalue weighted by molar-refractivity contribution is 6.62. The van der Waals surface area contributed by atoms with Gasteiger partial charge in [0.05, 0.1) is 0 Å². The van der Waals surface area contributed by atoms with Gasteiger partial charge in [-0.05, 0) is 10.1 Å². The van der Waals surface area contributed by atoms with E-state index in [2.05, 4.69) is 41.5 Å². The second kappa shape index (κ2) is 5.31. The first-order valence-corrected chi connectivity index (χ1v) is 7.97. The molecular formula is C12H29NSi. The van der Waals surface area contributed by atoms with Crippen LogP contribution in [0.5, 0.6) is 0 Å². The third-order valence-electron chi connectivity index (χ3n) is 4.73. The van der Waals surface area contributed by atoms with E-state index in [0.29, 0.717) is 10.1 Å². The molecule has 0 aromatic carbocycles. The highest BCUT2D eigenvalue weighted by atomic mass is 28.3. The van der Waals surface area contributed by atoms with E-state index in [4.69, 9.17) is 5.40 Å². The minimum atomic E-state index is -1.16. The van der Waals surface area contributed by atoms with Crippen LogP contribution >= 0.6 is 0 Å². The zero-order chi connectivity index (χ0) is 11.4. The highest BCUT2D eigenvalue weighted by Gasteiger charge is 2.41. The molecule has 0 amide bonds. The van der Waals surface area contributed by atoms with E-state index in [0.717, 1.165) is 0 Å². The van der Waals surface area contributed by atoms with Crippen molar-refractivity contribution in [2.24, 2.45) is 5.40 Å². The van der Waals surface area contributed by atoms with Crippen molar-refractivity contribution in [3.8, 4) is 0 Å².